The predicted molar refractivity (Wildman–Crippen MR) is 117 cm³/mol. The Bertz CT molecular complexity index is 950. The van der Waals surface area contributed by atoms with Crippen molar-refractivity contribution in [1.29, 1.82) is 0 Å². The molecule has 1 spiro atoms. The topological polar surface area (TPSA) is 68.2 Å². The largest absolute Gasteiger partial charge is 0.493 e. The van der Waals surface area contributed by atoms with Crippen LogP contribution in [0, 0.1) is 0 Å². The summed E-state index contributed by atoms with van der Waals surface area (Å²) in [4.78, 5) is 13.0. The van der Waals surface area contributed by atoms with Gasteiger partial charge in [0.25, 0.3) is 0 Å². The summed E-state index contributed by atoms with van der Waals surface area (Å²) in [6.07, 6.45) is 3.69. The molecule has 1 fully saturated rings. The number of benzene rings is 2. The highest BCUT2D eigenvalue weighted by Gasteiger charge is 2.39. The number of aliphatic carboxylic acids is 1. The number of para-hydroxylation sites is 1. The van der Waals surface area contributed by atoms with E-state index < -0.39 is 11.6 Å². The third-order valence-electron chi connectivity index (χ3n) is 5.65. The average molecular weight is 432 g/mol. The quantitative estimate of drug-likeness (QED) is 0.775. The van der Waals surface area contributed by atoms with E-state index in [2.05, 4.69) is 12.1 Å². The second-order valence-electron chi connectivity index (χ2n) is 7.46. The Hall–Kier alpha value is -2.70. The molecule has 1 saturated heterocycles. The summed E-state index contributed by atoms with van der Waals surface area (Å²) in [5.74, 6) is 1.43. The fraction of sp³-hybridized carbons (Fsp3) is 0.348. The smallest absolute Gasteiger partial charge is 0.317 e. The Morgan fingerprint density at radius 1 is 1.10 bits per heavy atom. The summed E-state index contributed by atoms with van der Waals surface area (Å²) >= 11 is 0. The molecule has 1 N–H and O–H groups in total. The van der Waals surface area contributed by atoms with E-state index in [1.165, 1.54) is 0 Å². The number of hydrogen-bond acceptors (Lipinski definition) is 5. The van der Waals surface area contributed by atoms with Crippen molar-refractivity contribution < 1.29 is 24.1 Å². The van der Waals surface area contributed by atoms with Crippen molar-refractivity contribution >= 4 is 23.9 Å². The summed E-state index contributed by atoms with van der Waals surface area (Å²) in [5, 5.41) is 9.07. The van der Waals surface area contributed by atoms with E-state index in [-0.39, 0.29) is 19.0 Å². The monoisotopic (exact) mass is 431 g/mol. The number of halogens is 1. The number of ether oxygens (including phenoxy) is 3. The number of nitrogens with zero attached hydrogens (tertiary/aromatic N) is 1. The number of piperidine rings is 1. The van der Waals surface area contributed by atoms with E-state index in [1.807, 2.05) is 41.3 Å². The Morgan fingerprint density at radius 3 is 2.47 bits per heavy atom. The maximum atomic E-state index is 11.0. The number of carbonyl (C=O) groups is 1. The molecule has 0 unspecified atom stereocenters. The van der Waals surface area contributed by atoms with Crippen LogP contribution in [0.5, 0.6) is 17.2 Å². The van der Waals surface area contributed by atoms with Gasteiger partial charge in [0, 0.05) is 31.5 Å². The van der Waals surface area contributed by atoms with Crippen LogP contribution in [0.25, 0.3) is 5.57 Å². The van der Waals surface area contributed by atoms with Crippen molar-refractivity contribution in [1.82, 2.24) is 4.90 Å². The first-order valence-corrected chi connectivity index (χ1v) is 9.71. The fourth-order valence-corrected chi connectivity index (χ4v) is 4.14. The zero-order valence-corrected chi connectivity index (χ0v) is 17.9. The molecule has 0 atom stereocenters. The third-order valence-corrected chi connectivity index (χ3v) is 5.65. The van der Waals surface area contributed by atoms with E-state index >= 15 is 0 Å². The van der Waals surface area contributed by atoms with Gasteiger partial charge in [0.2, 0.25) is 0 Å². The minimum Gasteiger partial charge on any atom is -0.493 e. The normalized spacial score (nSPS) is 17.2. The molecule has 0 radical (unpaired) electrons. The van der Waals surface area contributed by atoms with Crippen molar-refractivity contribution in [3.63, 3.8) is 0 Å². The van der Waals surface area contributed by atoms with Crippen LogP contribution in [0.3, 0.4) is 0 Å². The number of carboxylic acid groups (broad SMARTS) is 1. The van der Waals surface area contributed by atoms with Gasteiger partial charge in [-0.25, -0.2) is 0 Å². The number of hydrogen-bond donors (Lipinski definition) is 1. The number of fused-ring (bicyclic) bond motifs is 1. The van der Waals surface area contributed by atoms with Crippen molar-refractivity contribution in [3.8, 4) is 17.2 Å². The lowest BCUT2D eigenvalue weighted by Gasteiger charge is -2.42. The lowest BCUT2D eigenvalue weighted by atomic mass is 9.83. The molecule has 6 nitrogen and oxygen atoms in total. The molecular formula is C23H26ClNO5. The standard InChI is InChI=1S/C23H25NO5.ClH/c1-27-20-8-7-16(13-21(20)28-2)18-14-23(29-19-6-4-3-5-17(18)19)9-11-24(12-10-23)15-22(25)26;/h3-8,13-14H,9-12,15H2,1-2H3,(H,25,26);1H. The Labute approximate surface area is 182 Å². The molecule has 2 aliphatic heterocycles. The maximum Gasteiger partial charge on any atom is 0.317 e. The summed E-state index contributed by atoms with van der Waals surface area (Å²) in [6.45, 7) is 1.44. The molecule has 0 amide bonds. The van der Waals surface area contributed by atoms with E-state index in [0.717, 1.165) is 35.3 Å². The molecule has 2 aromatic rings. The summed E-state index contributed by atoms with van der Waals surface area (Å²) in [5.41, 5.74) is 2.73. The lowest BCUT2D eigenvalue weighted by molar-refractivity contribution is -0.139. The Kier molecular flexibility index (Phi) is 6.58. The first-order chi connectivity index (χ1) is 14.0. The molecule has 0 aliphatic carbocycles. The lowest BCUT2D eigenvalue weighted by Crippen LogP contribution is -2.49. The van der Waals surface area contributed by atoms with Crippen LogP contribution >= 0.6 is 12.4 Å². The zero-order chi connectivity index (χ0) is 20.4. The van der Waals surface area contributed by atoms with Gasteiger partial charge < -0.3 is 19.3 Å². The van der Waals surface area contributed by atoms with Crippen molar-refractivity contribution in [3.05, 3.63) is 59.7 Å². The fourth-order valence-electron chi connectivity index (χ4n) is 4.14. The second kappa shape index (κ2) is 8.98. The van der Waals surface area contributed by atoms with Gasteiger partial charge in [-0.05, 0) is 35.4 Å². The van der Waals surface area contributed by atoms with Gasteiger partial charge in [0.05, 0.1) is 20.8 Å². The number of rotatable bonds is 5. The van der Waals surface area contributed by atoms with Gasteiger partial charge in [0.15, 0.2) is 11.5 Å². The van der Waals surface area contributed by atoms with Crippen molar-refractivity contribution in [2.24, 2.45) is 0 Å². The van der Waals surface area contributed by atoms with E-state index in [4.69, 9.17) is 19.3 Å². The molecule has 0 bridgehead atoms. The highest BCUT2D eigenvalue weighted by atomic mass is 35.5. The zero-order valence-electron chi connectivity index (χ0n) is 17.1. The van der Waals surface area contributed by atoms with Gasteiger partial charge >= 0.3 is 5.97 Å². The first-order valence-electron chi connectivity index (χ1n) is 9.71. The molecule has 4 rings (SSSR count). The minimum atomic E-state index is -0.794. The molecule has 2 aromatic carbocycles. The molecule has 0 aromatic heterocycles. The molecule has 2 heterocycles. The van der Waals surface area contributed by atoms with Gasteiger partial charge in [-0.2, -0.15) is 0 Å². The van der Waals surface area contributed by atoms with E-state index in [9.17, 15) is 4.79 Å². The maximum absolute atomic E-state index is 11.0. The molecule has 7 heteroatoms. The molecular weight excluding hydrogens is 406 g/mol. The van der Waals surface area contributed by atoms with Crippen molar-refractivity contribution in [2.45, 2.75) is 18.4 Å². The summed E-state index contributed by atoms with van der Waals surface area (Å²) < 4.78 is 17.3. The highest BCUT2D eigenvalue weighted by Crippen LogP contribution is 2.44. The molecule has 2 aliphatic rings. The van der Waals surface area contributed by atoms with E-state index in [1.54, 1.807) is 14.2 Å². The van der Waals surface area contributed by atoms with Gasteiger partial charge in [0.1, 0.15) is 11.4 Å². The first kappa shape index (κ1) is 22.0. The van der Waals surface area contributed by atoms with Gasteiger partial charge in [-0.3, -0.25) is 9.69 Å². The average Bonchev–Trinajstić information content (AvgIpc) is 2.74. The number of methoxy groups -OCH3 is 2. The van der Waals surface area contributed by atoms with Crippen LogP contribution < -0.4 is 14.2 Å². The van der Waals surface area contributed by atoms with Gasteiger partial charge in [-0.15, -0.1) is 12.4 Å². The van der Waals surface area contributed by atoms with Crippen LogP contribution in [0.2, 0.25) is 0 Å². The molecule has 160 valence electrons. The van der Waals surface area contributed by atoms with Gasteiger partial charge in [-0.1, -0.05) is 24.3 Å². The van der Waals surface area contributed by atoms with E-state index in [0.29, 0.717) is 24.6 Å². The van der Waals surface area contributed by atoms with Crippen LogP contribution in [0.15, 0.2) is 48.5 Å². The Morgan fingerprint density at radius 2 is 1.80 bits per heavy atom. The molecule has 30 heavy (non-hydrogen) atoms. The third kappa shape index (κ3) is 4.25. The Balaban J connectivity index is 0.00000256. The highest BCUT2D eigenvalue weighted by molar-refractivity contribution is 5.86. The van der Waals surface area contributed by atoms with Crippen LogP contribution in [0.4, 0.5) is 0 Å². The van der Waals surface area contributed by atoms with Crippen LogP contribution in [-0.4, -0.2) is 55.4 Å². The minimum absolute atomic E-state index is 0. The summed E-state index contributed by atoms with van der Waals surface area (Å²) in [7, 11) is 3.26. The van der Waals surface area contributed by atoms with Crippen LogP contribution in [0.1, 0.15) is 24.0 Å². The van der Waals surface area contributed by atoms with Crippen LogP contribution in [-0.2, 0) is 4.79 Å². The summed E-state index contributed by atoms with van der Waals surface area (Å²) in [6, 6.07) is 14.0. The number of carboxylic acids is 1. The number of likely N-dealkylation sites (tertiary alicyclic amines) is 1. The predicted octanol–water partition coefficient (Wildman–Crippen LogP) is 3.87. The van der Waals surface area contributed by atoms with Crippen molar-refractivity contribution in [2.75, 3.05) is 33.9 Å². The molecule has 0 saturated carbocycles. The second-order valence-corrected chi connectivity index (χ2v) is 7.46. The SMILES string of the molecule is COc1ccc(C2=CC3(CCN(CC(=O)O)CC3)Oc3ccccc32)cc1OC.Cl.